The van der Waals surface area contributed by atoms with Gasteiger partial charge in [-0.1, -0.05) is 23.2 Å². The van der Waals surface area contributed by atoms with Crippen molar-refractivity contribution in [3.05, 3.63) is 22.4 Å². The Balaban J connectivity index is 2.07. The van der Waals surface area contributed by atoms with Gasteiger partial charge in [-0.05, 0) is 19.3 Å². The molecular weight excluding hydrogens is 209 g/mol. The molecule has 1 aliphatic rings. The van der Waals surface area contributed by atoms with Gasteiger partial charge in [0, 0.05) is 6.07 Å². The van der Waals surface area contributed by atoms with Crippen molar-refractivity contribution in [1.82, 2.24) is 4.98 Å². The summed E-state index contributed by atoms with van der Waals surface area (Å²) in [4.78, 5) is 3.90. The summed E-state index contributed by atoms with van der Waals surface area (Å²) in [6.45, 7) is 0. The maximum Gasteiger partial charge on any atom is 0.147 e. The van der Waals surface area contributed by atoms with Crippen LogP contribution in [0.5, 0.6) is 5.75 Å². The molecule has 0 radical (unpaired) electrons. The topological polar surface area (TPSA) is 22.1 Å². The van der Waals surface area contributed by atoms with Crippen molar-refractivity contribution in [2.24, 2.45) is 0 Å². The largest absolute Gasteiger partial charge is 0.489 e. The molecule has 1 saturated carbocycles. The van der Waals surface area contributed by atoms with E-state index in [4.69, 9.17) is 27.9 Å². The molecule has 1 aliphatic carbocycles. The Morgan fingerprint density at radius 1 is 1.38 bits per heavy atom. The molecule has 2 rings (SSSR count). The standard InChI is InChI=1S/C9H9Cl2NO/c10-8-4-7(5-12-9(8)11)13-6-2-1-3-6/h4-6H,1-3H2. The molecule has 0 N–H and O–H groups in total. The van der Waals surface area contributed by atoms with Gasteiger partial charge in [-0.3, -0.25) is 0 Å². The minimum atomic E-state index is 0.322. The van der Waals surface area contributed by atoms with Crippen LogP contribution in [-0.4, -0.2) is 11.1 Å². The molecule has 1 aromatic heterocycles. The molecule has 13 heavy (non-hydrogen) atoms. The van der Waals surface area contributed by atoms with Crippen molar-refractivity contribution < 1.29 is 4.74 Å². The van der Waals surface area contributed by atoms with Crippen molar-refractivity contribution in [2.75, 3.05) is 0 Å². The highest BCUT2D eigenvalue weighted by molar-refractivity contribution is 6.41. The molecule has 1 aromatic rings. The first kappa shape index (κ1) is 9.10. The molecule has 0 spiro atoms. The quantitative estimate of drug-likeness (QED) is 0.710. The van der Waals surface area contributed by atoms with Gasteiger partial charge in [0.1, 0.15) is 10.9 Å². The Hall–Kier alpha value is -0.470. The molecule has 0 unspecified atom stereocenters. The third-order valence-corrected chi connectivity index (χ3v) is 2.81. The van der Waals surface area contributed by atoms with Crippen molar-refractivity contribution in [1.29, 1.82) is 0 Å². The molecule has 2 nitrogen and oxygen atoms in total. The first-order valence-corrected chi connectivity index (χ1v) is 4.99. The minimum Gasteiger partial charge on any atom is -0.489 e. The second-order valence-corrected chi connectivity index (χ2v) is 3.88. The van der Waals surface area contributed by atoms with Gasteiger partial charge in [-0.25, -0.2) is 4.98 Å². The average molecular weight is 218 g/mol. The zero-order chi connectivity index (χ0) is 9.26. The highest BCUT2D eigenvalue weighted by Crippen LogP contribution is 2.28. The fraction of sp³-hybridized carbons (Fsp3) is 0.444. The van der Waals surface area contributed by atoms with Crippen molar-refractivity contribution >= 4 is 23.2 Å². The fourth-order valence-corrected chi connectivity index (χ4v) is 1.41. The van der Waals surface area contributed by atoms with Crippen LogP contribution in [0.15, 0.2) is 12.3 Å². The number of hydrogen-bond donors (Lipinski definition) is 0. The van der Waals surface area contributed by atoms with E-state index >= 15 is 0 Å². The van der Waals surface area contributed by atoms with Gasteiger partial charge < -0.3 is 4.74 Å². The van der Waals surface area contributed by atoms with E-state index in [9.17, 15) is 0 Å². The van der Waals surface area contributed by atoms with Crippen LogP contribution < -0.4 is 4.74 Å². The van der Waals surface area contributed by atoms with Crippen LogP contribution in [0.1, 0.15) is 19.3 Å². The second kappa shape index (κ2) is 3.72. The maximum absolute atomic E-state index is 5.78. The Morgan fingerprint density at radius 2 is 2.15 bits per heavy atom. The maximum atomic E-state index is 5.78. The fourth-order valence-electron chi connectivity index (χ4n) is 1.15. The third kappa shape index (κ3) is 2.06. The van der Waals surface area contributed by atoms with Crippen LogP contribution in [0, 0.1) is 0 Å². The highest BCUT2D eigenvalue weighted by atomic mass is 35.5. The molecule has 1 fully saturated rings. The van der Waals surface area contributed by atoms with Gasteiger partial charge in [-0.2, -0.15) is 0 Å². The lowest BCUT2D eigenvalue weighted by molar-refractivity contribution is 0.120. The normalized spacial score (nSPS) is 16.8. The molecule has 0 aromatic carbocycles. The van der Waals surface area contributed by atoms with Gasteiger partial charge >= 0.3 is 0 Å². The summed E-state index contributed by atoms with van der Waals surface area (Å²) in [6, 6.07) is 1.70. The summed E-state index contributed by atoms with van der Waals surface area (Å²) in [5.74, 6) is 0.708. The summed E-state index contributed by atoms with van der Waals surface area (Å²) >= 11 is 11.5. The Bertz CT molecular complexity index is 312. The number of ether oxygens (including phenoxy) is 1. The first-order chi connectivity index (χ1) is 6.25. The van der Waals surface area contributed by atoms with Crippen LogP contribution in [0.4, 0.5) is 0 Å². The van der Waals surface area contributed by atoms with Crippen LogP contribution in [0.25, 0.3) is 0 Å². The Labute approximate surface area is 86.8 Å². The lowest BCUT2D eigenvalue weighted by atomic mass is 9.96. The first-order valence-electron chi connectivity index (χ1n) is 4.23. The zero-order valence-electron chi connectivity index (χ0n) is 6.96. The molecule has 0 saturated heterocycles. The number of hydrogen-bond acceptors (Lipinski definition) is 2. The van der Waals surface area contributed by atoms with Gasteiger partial charge in [0.05, 0.1) is 17.3 Å². The molecule has 0 bridgehead atoms. The molecule has 1 heterocycles. The minimum absolute atomic E-state index is 0.322. The summed E-state index contributed by atoms with van der Waals surface area (Å²) in [6.07, 6.45) is 5.45. The van der Waals surface area contributed by atoms with Gasteiger partial charge in [-0.15, -0.1) is 0 Å². The Morgan fingerprint density at radius 3 is 2.69 bits per heavy atom. The van der Waals surface area contributed by atoms with E-state index in [0.717, 1.165) is 12.8 Å². The van der Waals surface area contributed by atoms with E-state index in [1.54, 1.807) is 12.3 Å². The zero-order valence-corrected chi connectivity index (χ0v) is 8.48. The predicted molar refractivity (Wildman–Crippen MR) is 52.5 cm³/mol. The van der Waals surface area contributed by atoms with Crippen LogP contribution in [-0.2, 0) is 0 Å². The molecule has 0 amide bonds. The number of halogens is 2. The van der Waals surface area contributed by atoms with Crippen LogP contribution >= 0.6 is 23.2 Å². The number of aromatic nitrogens is 1. The van der Waals surface area contributed by atoms with Crippen LogP contribution in [0.3, 0.4) is 0 Å². The molecule has 4 heteroatoms. The van der Waals surface area contributed by atoms with E-state index in [1.807, 2.05) is 0 Å². The second-order valence-electron chi connectivity index (χ2n) is 3.11. The van der Waals surface area contributed by atoms with E-state index < -0.39 is 0 Å². The van der Waals surface area contributed by atoms with Crippen molar-refractivity contribution in [3.63, 3.8) is 0 Å². The van der Waals surface area contributed by atoms with E-state index in [2.05, 4.69) is 4.98 Å². The highest BCUT2D eigenvalue weighted by Gasteiger charge is 2.19. The number of rotatable bonds is 2. The molecule has 0 atom stereocenters. The van der Waals surface area contributed by atoms with Crippen LogP contribution in [0.2, 0.25) is 10.2 Å². The summed E-state index contributed by atoms with van der Waals surface area (Å²) < 4.78 is 5.58. The summed E-state index contributed by atoms with van der Waals surface area (Å²) in [5.41, 5.74) is 0. The average Bonchev–Trinajstić information content (AvgIpc) is 2.04. The lowest BCUT2D eigenvalue weighted by Gasteiger charge is -2.26. The third-order valence-electron chi connectivity index (χ3n) is 2.13. The van der Waals surface area contributed by atoms with E-state index in [0.29, 0.717) is 22.0 Å². The SMILES string of the molecule is Clc1cc(OC2CCC2)cnc1Cl. The van der Waals surface area contributed by atoms with E-state index in [1.165, 1.54) is 6.42 Å². The van der Waals surface area contributed by atoms with E-state index in [-0.39, 0.29) is 0 Å². The smallest absolute Gasteiger partial charge is 0.147 e. The molecule has 0 aliphatic heterocycles. The number of pyridine rings is 1. The van der Waals surface area contributed by atoms with Gasteiger partial charge in [0.2, 0.25) is 0 Å². The van der Waals surface area contributed by atoms with Crippen molar-refractivity contribution in [2.45, 2.75) is 25.4 Å². The monoisotopic (exact) mass is 217 g/mol. The predicted octanol–water partition coefficient (Wildman–Crippen LogP) is 3.32. The summed E-state index contributed by atoms with van der Waals surface area (Å²) in [7, 11) is 0. The van der Waals surface area contributed by atoms with Gasteiger partial charge in [0.25, 0.3) is 0 Å². The molecule has 70 valence electrons. The molecular formula is C9H9Cl2NO. The number of nitrogens with zero attached hydrogens (tertiary/aromatic N) is 1. The van der Waals surface area contributed by atoms with Gasteiger partial charge in [0.15, 0.2) is 0 Å². The Kier molecular flexibility index (Phi) is 2.61. The summed E-state index contributed by atoms with van der Waals surface area (Å²) in [5, 5.41) is 0.765. The lowest BCUT2D eigenvalue weighted by Crippen LogP contribution is -2.24. The van der Waals surface area contributed by atoms with Crippen molar-refractivity contribution in [3.8, 4) is 5.75 Å².